The summed E-state index contributed by atoms with van der Waals surface area (Å²) >= 11 is 0. The van der Waals surface area contributed by atoms with Gasteiger partial charge in [-0.2, -0.15) is 0 Å². The van der Waals surface area contributed by atoms with Crippen molar-refractivity contribution in [2.45, 2.75) is 50.4 Å². The smallest absolute Gasteiger partial charge is 0.306 e. The van der Waals surface area contributed by atoms with Gasteiger partial charge in [-0.1, -0.05) is 6.07 Å². The first kappa shape index (κ1) is 16.4. The van der Waals surface area contributed by atoms with Crippen LogP contribution in [0.4, 0.5) is 0 Å². The maximum Gasteiger partial charge on any atom is 0.306 e. The van der Waals surface area contributed by atoms with Crippen LogP contribution in [0.25, 0.3) is 0 Å². The van der Waals surface area contributed by atoms with Crippen molar-refractivity contribution in [3.63, 3.8) is 0 Å². The second kappa shape index (κ2) is 6.36. The number of rotatable bonds is 4. The molecule has 3 aliphatic rings. The van der Waals surface area contributed by atoms with E-state index in [4.69, 9.17) is 4.74 Å². The fraction of sp³-hybridized carbons (Fsp3) is 0.600. The molecule has 4 rings (SSSR count). The van der Waals surface area contributed by atoms with Crippen LogP contribution in [0.5, 0.6) is 5.75 Å². The molecule has 5 nitrogen and oxygen atoms in total. The van der Waals surface area contributed by atoms with Crippen LogP contribution in [-0.2, 0) is 21.4 Å². The highest BCUT2D eigenvalue weighted by Crippen LogP contribution is 2.50. The zero-order chi connectivity index (χ0) is 17.4. The Labute approximate surface area is 147 Å². The van der Waals surface area contributed by atoms with Gasteiger partial charge in [-0.25, -0.2) is 0 Å². The van der Waals surface area contributed by atoms with Gasteiger partial charge in [-0.05, 0) is 67.2 Å². The van der Waals surface area contributed by atoms with Crippen LogP contribution in [0, 0.1) is 11.8 Å². The molecule has 1 aromatic rings. The predicted octanol–water partition coefficient (Wildman–Crippen LogP) is 2.66. The molecular formula is C20H25NO4. The van der Waals surface area contributed by atoms with Crippen LogP contribution in [0.2, 0.25) is 0 Å². The number of hydrogen-bond donors (Lipinski definition) is 2. The SMILES string of the molecule is O=C1CC(COc2ccc3c(c2)C2(CC3)CCC(C(=O)O)CC2)CN1. The molecule has 1 unspecified atom stereocenters. The van der Waals surface area contributed by atoms with Crippen molar-refractivity contribution in [1.82, 2.24) is 5.32 Å². The minimum Gasteiger partial charge on any atom is -0.493 e. The van der Waals surface area contributed by atoms with E-state index < -0.39 is 5.97 Å². The van der Waals surface area contributed by atoms with E-state index in [9.17, 15) is 14.7 Å². The molecule has 1 saturated carbocycles. The Bertz CT molecular complexity index is 691. The molecule has 0 radical (unpaired) electrons. The van der Waals surface area contributed by atoms with E-state index in [2.05, 4.69) is 17.4 Å². The molecule has 1 saturated heterocycles. The van der Waals surface area contributed by atoms with E-state index in [1.165, 1.54) is 11.1 Å². The minimum absolute atomic E-state index is 0.108. The number of carbonyl (C=O) groups is 2. The fourth-order valence-corrected chi connectivity index (χ4v) is 4.80. The van der Waals surface area contributed by atoms with Crippen LogP contribution >= 0.6 is 0 Å². The lowest BCUT2D eigenvalue weighted by atomic mass is 9.67. The summed E-state index contributed by atoms with van der Waals surface area (Å²) in [5.41, 5.74) is 2.90. The van der Waals surface area contributed by atoms with E-state index in [1.807, 2.05) is 6.07 Å². The molecule has 25 heavy (non-hydrogen) atoms. The normalized spacial score (nSPS) is 31.0. The first-order valence-electron chi connectivity index (χ1n) is 9.31. The summed E-state index contributed by atoms with van der Waals surface area (Å²) in [5.74, 6) is 0.406. The van der Waals surface area contributed by atoms with Gasteiger partial charge in [-0.3, -0.25) is 9.59 Å². The molecule has 1 spiro atoms. The van der Waals surface area contributed by atoms with Gasteiger partial charge in [0.25, 0.3) is 0 Å². The van der Waals surface area contributed by atoms with Crippen molar-refractivity contribution in [1.29, 1.82) is 0 Å². The van der Waals surface area contributed by atoms with E-state index in [0.29, 0.717) is 19.6 Å². The first-order chi connectivity index (χ1) is 12.1. The van der Waals surface area contributed by atoms with E-state index in [1.54, 1.807) is 0 Å². The van der Waals surface area contributed by atoms with Gasteiger partial charge in [0, 0.05) is 18.9 Å². The Morgan fingerprint density at radius 2 is 2.08 bits per heavy atom. The lowest BCUT2D eigenvalue weighted by molar-refractivity contribution is -0.143. The Hall–Kier alpha value is -2.04. The number of fused-ring (bicyclic) bond motifs is 2. The standard InChI is InChI=1S/C20H25NO4/c22-18-9-13(11-21-18)12-25-16-2-1-14-3-6-20(17(14)10-16)7-4-15(5-8-20)19(23)24/h1-2,10,13,15H,3-9,11-12H2,(H,21,22)(H,23,24). The van der Waals surface area contributed by atoms with Gasteiger partial charge in [0.05, 0.1) is 12.5 Å². The Morgan fingerprint density at radius 1 is 1.28 bits per heavy atom. The molecule has 1 aliphatic heterocycles. The zero-order valence-corrected chi connectivity index (χ0v) is 14.4. The van der Waals surface area contributed by atoms with E-state index in [0.717, 1.165) is 44.3 Å². The molecular weight excluding hydrogens is 318 g/mol. The van der Waals surface area contributed by atoms with E-state index >= 15 is 0 Å². The van der Waals surface area contributed by atoms with E-state index in [-0.39, 0.29) is 23.2 Å². The van der Waals surface area contributed by atoms with Crippen molar-refractivity contribution in [2.24, 2.45) is 11.8 Å². The molecule has 2 aliphatic carbocycles. The maximum atomic E-state index is 11.3. The molecule has 134 valence electrons. The van der Waals surface area contributed by atoms with Crippen molar-refractivity contribution < 1.29 is 19.4 Å². The number of carboxylic acid groups (broad SMARTS) is 1. The van der Waals surface area contributed by atoms with Crippen molar-refractivity contribution >= 4 is 11.9 Å². The summed E-state index contributed by atoms with van der Waals surface area (Å²) in [6.45, 7) is 1.26. The third-order valence-electron chi connectivity index (χ3n) is 6.37. The Kier molecular flexibility index (Phi) is 4.18. The minimum atomic E-state index is -0.648. The monoisotopic (exact) mass is 343 g/mol. The van der Waals surface area contributed by atoms with Crippen LogP contribution in [0.15, 0.2) is 18.2 Å². The molecule has 1 amide bonds. The fourth-order valence-electron chi connectivity index (χ4n) is 4.80. The van der Waals surface area contributed by atoms with Gasteiger partial charge in [-0.15, -0.1) is 0 Å². The number of hydrogen-bond acceptors (Lipinski definition) is 3. The third kappa shape index (κ3) is 3.12. The van der Waals surface area contributed by atoms with Gasteiger partial charge >= 0.3 is 5.97 Å². The van der Waals surface area contributed by atoms with Crippen molar-refractivity contribution in [2.75, 3.05) is 13.2 Å². The van der Waals surface area contributed by atoms with Gasteiger partial charge in [0.1, 0.15) is 5.75 Å². The summed E-state index contributed by atoms with van der Waals surface area (Å²) in [6, 6.07) is 6.37. The highest BCUT2D eigenvalue weighted by atomic mass is 16.5. The number of nitrogens with one attached hydrogen (secondary N) is 1. The molecule has 0 bridgehead atoms. The topological polar surface area (TPSA) is 75.6 Å². The number of aryl methyl sites for hydroxylation is 1. The predicted molar refractivity (Wildman–Crippen MR) is 92.6 cm³/mol. The van der Waals surface area contributed by atoms with Crippen LogP contribution < -0.4 is 10.1 Å². The average Bonchev–Trinajstić information content (AvgIpc) is 3.18. The lowest BCUT2D eigenvalue weighted by Gasteiger charge is -2.37. The van der Waals surface area contributed by atoms with Crippen molar-refractivity contribution in [3.8, 4) is 5.75 Å². The molecule has 1 heterocycles. The molecule has 0 aromatic heterocycles. The first-order valence-corrected chi connectivity index (χ1v) is 9.31. The highest BCUT2D eigenvalue weighted by molar-refractivity contribution is 5.78. The highest BCUT2D eigenvalue weighted by Gasteiger charge is 2.43. The number of benzene rings is 1. The zero-order valence-electron chi connectivity index (χ0n) is 14.4. The number of carbonyl (C=O) groups excluding carboxylic acids is 1. The second-order valence-corrected chi connectivity index (χ2v) is 7.90. The molecule has 2 fully saturated rings. The molecule has 5 heteroatoms. The second-order valence-electron chi connectivity index (χ2n) is 7.90. The largest absolute Gasteiger partial charge is 0.493 e. The summed E-state index contributed by atoms with van der Waals surface area (Å²) in [5, 5.41) is 12.1. The van der Waals surface area contributed by atoms with Crippen LogP contribution in [-0.4, -0.2) is 30.1 Å². The number of amides is 1. The molecule has 2 N–H and O–H groups in total. The molecule has 1 aromatic carbocycles. The quantitative estimate of drug-likeness (QED) is 0.881. The van der Waals surface area contributed by atoms with Crippen LogP contribution in [0.3, 0.4) is 0 Å². The Morgan fingerprint density at radius 3 is 2.76 bits per heavy atom. The molecule has 1 atom stereocenters. The van der Waals surface area contributed by atoms with Crippen molar-refractivity contribution in [3.05, 3.63) is 29.3 Å². The maximum absolute atomic E-state index is 11.3. The van der Waals surface area contributed by atoms with Gasteiger partial charge in [0.2, 0.25) is 5.91 Å². The number of carboxylic acids is 1. The van der Waals surface area contributed by atoms with Gasteiger partial charge in [0.15, 0.2) is 0 Å². The number of aliphatic carboxylic acids is 1. The summed E-state index contributed by atoms with van der Waals surface area (Å²) < 4.78 is 5.97. The lowest BCUT2D eigenvalue weighted by Crippen LogP contribution is -2.32. The van der Waals surface area contributed by atoms with Crippen LogP contribution in [0.1, 0.15) is 49.7 Å². The summed E-state index contributed by atoms with van der Waals surface area (Å²) in [7, 11) is 0. The summed E-state index contributed by atoms with van der Waals surface area (Å²) in [4.78, 5) is 22.5. The average molecular weight is 343 g/mol. The Balaban J connectivity index is 1.46. The summed E-state index contributed by atoms with van der Waals surface area (Å²) in [6.07, 6.45) is 6.22. The number of ether oxygens (including phenoxy) is 1. The van der Waals surface area contributed by atoms with Gasteiger partial charge < -0.3 is 15.2 Å². The third-order valence-corrected chi connectivity index (χ3v) is 6.37.